The summed E-state index contributed by atoms with van der Waals surface area (Å²) >= 11 is 0. The minimum Gasteiger partial charge on any atom is -0.352 e. The largest absolute Gasteiger partial charge is 0.352 e. The van der Waals surface area contributed by atoms with Gasteiger partial charge in [0.2, 0.25) is 0 Å². The number of hydrogen-bond donors (Lipinski definition) is 1. The van der Waals surface area contributed by atoms with Crippen molar-refractivity contribution < 1.29 is 13.2 Å². The zero-order chi connectivity index (χ0) is 21.1. The van der Waals surface area contributed by atoms with Gasteiger partial charge in [-0.15, -0.1) is 0 Å². The Morgan fingerprint density at radius 3 is 2.67 bits per heavy atom. The molecule has 2 aromatic carbocycles. The molecule has 0 saturated heterocycles. The first-order chi connectivity index (χ1) is 14.5. The number of benzene rings is 2. The van der Waals surface area contributed by atoms with Gasteiger partial charge in [-0.25, -0.2) is 8.42 Å². The first kappa shape index (κ1) is 20.7. The van der Waals surface area contributed by atoms with Crippen LogP contribution < -0.4 is 9.62 Å². The van der Waals surface area contributed by atoms with Crippen LogP contribution in [-0.2, 0) is 16.4 Å². The number of hydrogen-bond acceptors (Lipinski definition) is 3. The fraction of sp³-hybridized carbons (Fsp3) is 0.375. The summed E-state index contributed by atoms with van der Waals surface area (Å²) in [6.07, 6.45) is 8.58. The highest BCUT2D eigenvalue weighted by atomic mass is 32.2. The molecule has 4 rings (SSSR count). The lowest BCUT2D eigenvalue weighted by Crippen LogP contribution is -2.35. The molecule has 0 bridgehead atoms. The molecule has 0 fully saturated rings. The second kappa shape index (κ2) is 8.64. The van der Waals surface area contributed by atoms with Crippen LogP contribution in [0.25, 0.3) is 0 Å². The molecule has 1 aliphatic heterocycles. The highest BCUT2D eigenvalue weighted by molar-refractivity contribution is 7.92. The molecule has 1 heterocycles. The van der Waals surface area contributed by atoms with Gasteiger partial charge < -0.3 is 5.32 Å². The molecule has 0 radical (unpaired) electrons. The number of fused-ring (bicyclic) bond motifs is 1. The maximum Gasteiger partial charge on any atom is 0.264 e. The Morgan fingerprint density at radius 1 is 1.13 bits per heavy atom. The molecular weight excluding hydrogens is 396 g/mol. The smallest absolute Gasteiger partial charge is 0.264 e. The number of nitrogens with one attached hydrogen (secondary N) is 1. The van der Waals surface area contributed by atoms with E-state index in [1.807, 2.05) is 13.0 Å². The van der Waals surface area contributed by atoms with E-state index in [-0.39, 0.29) is 16.8 Å². The van der Waals surface area contributed by atoms with Crippen molar-refractivity contribution in [2.45, 2.75) is 56.4 Å². The summed E-state index contributed by atoms with van der Waals surface area (Å²) in [4.78, 5) is 12.9. The molecule has 1 aliphatic carbocycles. The zero-order valence-electron chi connectivity index (χ0n) is 17.3. The highest BCUT2D eigenvalue weighted by Crippen LogP contribution is 2.37. The number of anilines is 1. The van der Waals surface area contributed by atoms with E-state index in [1.165, 1.54) is 22.7 Å². The summed E-state index contributed by atoms with van der Waals surface area (Å²) in [7, 11) is -3.63. The molecular formula is C24H28N2O3S. The van der Waals surface area contributed by atoms with Crippen LogP contribution >= 0.6 is 0 Å². The van der Waals surface area contributed by atoms with Gasteiger partial charge in [0, 0.05) is 18.2 Å². The number of carbonyl (C=O) groups excluding carboxylic acids is 1. The van der Waals surface area contributed by atoms with Gasteiger partial charge in [0.1, 0.15) is 0 Å². The lowest BCUT2D eigenvalue weighted by atomic mass is 9.97. The normalized spacial score (nSPS) is 18.6. The Balaban J connectivity index is 1.48. The Bertz CT molecular complexity index is 1060. The number of allylic oxidation sites excluding steroid dienone is 1. The summed E-state index contributed by atoms with van der Waals surface area (Å²) < 4.78 is 27.8. The van der Waals surface area contributed by atoms with Crippen LogP contribution in [0, 0.1) is 0 Å². The van der Waals surface area contributed by atoms with Crippen molar-refractivity contribution in [3.8, 4) is 0 Å². The van der Waals surface area contributed by atoms with Crippen LogP contribution in [0.2, 0.25) is 0 Å². The van der Waals surface area contributed by atoms with Crippen LogP contribution in [-0.4, -0.2) is 26.9 Å². The third-order valence-corrected chi connectivity index (χ3v) is 7.85. The van der Waals surface area contributed by atoms with Gasteiger partial charge in [-0.3, -0.25) is 9.10 Å². The van der Waals surface area contributed by atoms with Crippen molar-refractivity contribution in [3.05, 3.63) is 71.3 Å². The molecule has 158 valence electrons. The van der Waals surface area contributed by atoms with Crippen molar-refractivity contribution >= 4 is 21.6 Å². The van der Waals surface area contributed by atoms with Gasteiger partial charge in [-0.1, -0.05) is 29.8 Å². The first-order valence-corrected chi connectivity index (χ1v) is 12.1. The van der Waals surface area contributed by atoms with E-state index in [4.69, 9.17) is 0 Å². The first-order valence-electron chi connectivity index (χ1n) is 10.7. The van der Waals surface area contributed by atoms with Gasteiger partial charge in [0.05, 0.1) is 10.6 Å². The van der Waals surface area contributed by atoms with E-state index in [2.05, 4.69) is 11.4 Å². The van der Waals surface area contributed by atoms with Crippen molar-refractivity contribution in [3.63, 3.8) is 0 Å². The van der Waals surface area contributed by atoms with Crippen LogP contribution in [0.15, 0.2) is 65.1 Å². The molecule has 5 nitrogen and oxygen atoms in total. The van der Waals surface area contributed by atoms with E-state index in [0.29, 0.717) is 24.2 Å². The lowest BCUT2D eigenvalue weighted by Gasteiger charge is -2.24. The SMILES string of the molecule is C[C@H]1Cc2cc(C(=O)NCCC3=CCCCC3)ccc2N1S(=O)(=O)c1ccccc1. The third kappa shape index (κ3) is 4.15. The van der Waals surface area contributed by atoms with E-state index in [1.54, 1.807) is 42.5 Å². The summed E-state index contributed by atoms with van der Waals surface area (Å²) in [5.41, 5.74) is 3.57. The molecule has 1 amide bonds. The molecule has 2 aliphatic rings. The number of rotatable bonds is 6. The summed E-state index contributed by atoms with van der Waals surface area (Å²) in [5, 5.41) is 3.00. The molecule has 0 aromatic heterocycles. The maximum absolute atomic E-state index is 13.2. The molecule has 1 atom stereocenters. The van der Waals surface area contributed by atoms with E-state index in [0.717, 1.165) is 24.8 Å². The predicted molar refractivity (Wildman–Crippen MR) is 119 cm³/mol. The average Bonchev–Trinajstić information content (AvgIpc) is 3.10. The van der Waals surface area contributed by atoms with E-state index < -0.39 is 10.0 Å². The number of nitrogens with zero attached hydrogens (tertiary/aromatic N) is 1. The fourth-order valence-corrected chi connectivity index (χ4v) is 6.10. The zero-order valence-corrected chi connectivity index (χ0v) is 18.1. The van der Waals surface area contributed by atoms with Gasteiger partial charge in [-0.05, 0) is 81.3 Å². The quantitative estimate of drug-likeness (QED) is 0.697. The Labute approximate surface area is 178 Å². The van der Waals surface area contributed by atoms with Gasteiger partial charge in [-0.2, -0.15) is 0 Å². The third-order valence-electron chi connectivity index (χ3n) is 5.91. The van der Waals surface area contributed by atoms with E-state index >= 15 is 0 Å². The van der Waals surface area contributed by atoms with Crippen molar-refractivity contribution in [2.24, 2.45) is 0 Å². The average molecular weight is 425 g/mol. The molecule has 0 spiro atoms. The van der Waals surface area contributed by atoms with Gasteiger partial charge in [0.25, 0.3) is 15.9 Å². The number of amides is 1. The van der Waals surface area contributed by atoms with Crippen molar-refractivity contribution in [2.75, 3.05) is 10.8 Å². The van der Waals surface area contributed by atoms with Crippen LogP contribution in [0.4, 0.5) is 5.69 Å². The van der Waals surface area contributed by atoms with Crippen LogP contribution in [0.5, 0.6) is 0 Å². The summed E-state index contributed by atoms with van der Waals surface area (Å²) in [6, 6.07) is 13.6. The molecule has 0 saturated carbocycles. The molecule has 30 heavy (non-hydrogen) atoms. The molecule has 0 unspecified atom stereocenters. The minimum absolute atomic E-state index is 0.105. The van der Waals surface area contributed by atoms with Gasteiger partial charge in [0.15, 0.2) is 0 Å². The predicted octanol–water partition coefficient (Wildman–Crippen LogP) is 4.45. The second-order valence-corrected chi connectivity index (χ2v) is 9.94. The number of sulfonamides is 1. The molecule has 1 N–H and O–H groups in total. The topological polar surface area (TPSA) is 66.5 Å². The van der Waals surface area contributed by atoms with Crippen LogP contribution in [0.3, 0.4) is 0 Å². The summed E-state index contributed by atoms with van der Waals surface area (Å²) in [5.74, 6) is -0.105. The van der Waals surface area contributed by atoms with Crippen molar-refractivity contribution in [1.82, 2.24) is 5.32 Å². The standard InChI is InChI=1S/C24H28N2O3S/c1-18-16-21-17-20(24(27)25-15-14-19-8-4-2-5-9-19)12-13-23(21)26(18)30(28,29)22-10-6-3-7-11-22/h3,6-8,10-13,17-18H,2,4-5,9,14-16H2,1H3,(H,25,27)/t18-/m0/s1. The Hall–Kier alpha value is -2.60. The lowest BCUT2D eigenvalue weighted by molar-refractivity contribution is 0.0954. The Kier molecular flexibility index (Phi) is 5.95. The van der Waals surface area contributed by atoms with Crippen LogP contribution in [0.1, 0.15) is 54.9 Å². The van der Waals surface area contributed by atoms with Crippen molar-refractivity contribution in [1.29, 1.82) is 0 Å². The molecule has 2 aromatic rings. The van der Waals surface area contributed by atoms with Gasteiger partial charge >= 0.3 is 0 Å². The fourth-order valence-electron chi connectivity index (χ4n) is 4.39. The Morgan fingerprint density at radius 2 is 1.93 bits per heavy atom. The van der Waals surface area contributed by atoms with E-state index in [9.17, 15) is 13.2 Å². The monoisotopic (exact) mass is 424 g/mol. The highest BCUT2D eigenvalue weighted by Gasteiger charge is 2.36. The molecule has 6 heteroatoms. The second-order valence-electron chi connectivity index (χ2n) is 8.12. The number of carbonyl (C=O) groups is 1. The maximum atomic E-state index is 13.2. The summed E-state index contributed by atoms with van der Waals surface area (Å²) in [6.45, 7) is 2.53. The minimum atomic E-state index is -3.63.